The van der Waals surface area contributed by atoms with Crippen LogP contribution in [0.2, 0.25) is 0 Å². The third-order valence-electron chi connectivity index (χ3n) is 2.62. The molecule has 0 amide bonds. The van der Waals surface area contributed by atoms with Gasteiger partial charge < -0.3 is 25.6 Å². The maximum absolute atomic E-state index is 10.1. The lowest BCUT2D eigenvalue weighted by Gasteiger charge is -2.20. The van der Waals surface area contributed by atoms with Crippen LogP contribution in [0.15, 0.2) is 0 Å². The van der Waals surface area contributed by atoms with Crippen LogP contribution in [0.1, 0.15) is 13.3 Å². The van der Waals surface area contributed by atoms with Crippen LogP contribution < -0.4 is 15.8 Å². The molecule has 4 N–H and O–H groups in total. The van der Waals surface area contributed by atoms with E-state index < -0.39 is 5.60 Å². The summed E-state index contributed by atoms with van der Waals surface area (Å²) in [5, 5.41) is 14.0. The Morgan fingerprint density at radius 1 is 1.71 bits per heavy atom. The highest BCUT2D eigenvalue weighted by atomic mass is 32.1. The van der Waals surface area contributed by atoms with Crippen molar-refractivity contribution in [1.82, 2.24) is 4.37 Å². The molecule has 0 bridgehead atoms. The van der Waals surface area contributed by atoms with Crippen molar-refractivity contribution in [1.29, 1.82) is 0 Å². The van der Waals surface area contributed by atoms with Gasteiger partial charge in [0.25, 0.3) is 0 Å². The number of aromatic nitrogens is 1. The number of ether oxygens (including phenoxy) is 2. The molecule has 6 nitrogen and oxygen atoms in total. The van der Waals surface area contributed by atoms with Gasteiger partial charge in [-0.15, -0.1) is 0 Å². The topological polar surface area (TPSA) is 89.6 Å². The van der Waals surface area contributed by atoms with E-state index in [-0.39, 0.29) is 0 Å². The van der Waals surface area contributed by atoms with Gasteiger partial charge in [-0.25, -0.2) is 0 Å². The molecule has 0 aliphatic carbocycles. The maximum atomic E-state index is 10.1. The van der Waals surface area contributed by atoms with Crippen molar-refractivity contribution in [3.8, 4) is 5.75 Å². The van der Waals surface area contributed by atoms with E-state index in [2.05, 4.69) is 9.69 Å². The molecule has 7 heteroatoms. The van der Waals surface area contributed by atoms with Crippen LogP contribution in [0.5, 0.6) is 5.75 Å². The standard InChI is InChI=1S/C10H17N3O3S/c1-2-16-7-8(11)13-17-9(7)12-5-10(14)3-4-15-6-10/h12,14H,2-6H2,1H3,(H2,11,13). The number of nitrogens with zero attached hydrogens (tertiary/aromatic N) is 1. The van der Waals surface area contributed by atoms with E-state index in [1.54, 1.807) is 0 Å². The highest BCUT2D eigenvalue weighted by Gasteiger charge is 2.32. The highest BCUT2D eigenvalue weighted by molar-refractivity contribution is 7.11. The lowest BCUT2D eigenvalue weighted by Crippen LogP contribution is -2.37. The summed E-state index contributed by atoms with van der Waals surface area (Å²) in [5.74, 6) is 0.953. The molecule has 1 saturated heterocycles. The summed E-state index contributed by atoms with van der Waals surface area (Å²) in [7, 11) is 0. The Bertz CT molecular complexity index is 377. The Kier molecular flexibility index (Phi) is 3.70. The van der Waals surface area contributed by atoms with Gasteiger partial charge in [-0.3, -0.25) is 0 Å². The van der Waals surface area contributed by atoms with Crippen molar-refractivity contribution in [2.45, 2.75) is 18.9 Å². The fraction of sp³-hybridized carbons (Fsp3) is 0.700. The third kappa shape index (κ3) is 2.80. The van der Waals surface area contributed by atoms with Crippen molar-refractivity contribution < 1.29 is 14.6 Å². The molecule has 17 heavy (non-hydrogen) atoms. The lowest BCUT2D eigenvalue weighted by atomic mass is 10.0. The van der Waals surface area contributed by atoms with Crippen molar-refractivity contribution in [2.75, 3.05) is 37.4 Å². The molecule has 0 aromatic carbocycles. The number of nitrogens with one attached hydrogen (secondary N) is 1. The van der Waals surface area contributed by atoms with Gasteiger partial charge >= 0.3 is 0 Å². The van der Waals surface area contributed by atoms with Crippen molar-refractivity contribution >= 4 is 22.4 Å². The van der Waals surface area contributed by atoms with Gasteiger partial charge in [0.2, 0.25) is 0 Å². The molecule has 0 saturated carbocycles. The van der Waals surface area contributed by atoms with Crippen LogP contribution in [-0.2, 0) is 4.74 Å². The fourth-order valence-electron chi connectivity index (χ4n) is 1.67. The molecular formula is C10H17N3O3S. The molecule has 1 unspecified atom stereocenters. The van der Waals surface area contributed by atoms with Gasteiger partial charge in [0.1, 0.15) is 5.60 Å². The van der Waals surface area contributed by atoms with Crippen LogP contribution in [0, 0.1) is 0 Å². The van der Waals surface area contributed by atoms with Gasteiger partial charge in [0.15, 0.2) is 16.6 Å². The first-order valence-electron chi connectivity index (χ1n) is 5.56. The van der Waals surface area contributed by atoms with Gasteiger partial charge in [-0.05, 0) is 18.5 Å². The first kappa shape index (κ1) is 12.4. The van der Waals surface area contributed by atoms with Gasteiger partial charge in [0.05, 0.1) is 13.2 Å². The number of rotatable bonds is 5. The zero-order valence-electron chi connectivity index (χ0n) is 9.73. The van der Waals surface area contributed by atoms with Gasteiger partial charge in [0, 0.05) is 19.6 Å². The Morgan fingerprint density at radius 3 is 3.18 bits per heavy atom. The summed E-state index contributed by atoms with van der Waals surface area (Å²) in [4.78, 5) is 0. The van der Waals surface area contributed by atoms with E-state index in [1.165, 1.54) is 11.5 Å². The molecule has 1 aromatic rings. The zero-order chi connectivity index (χ0) is 12.3. The lowest BCUT2D eigenvalue weighted by molar-refractivity contribution is 0.0382. The maximum Gasteiger partial charge on any atom is 0.197 e. The quantitative estimate of drug-likeness (QED) is 0.721. The van der Waals surface area contributed by atoms with E-state index >= 15 is 0 Å². The monoisotopic (exact) mass is 259 g/mol. The molecule has 1 aromatic heterocycles. The second-order valence-electron chi connectivity index (χ2n) is 4.04. The first-order chi connectivity index (χ1) is 8.14. The predicted molar refractivity (Wildman–Crippen MR) is 66.6 cm³/mol. The summed E-state index contributed by atoms with van der Waals surface area (Å²) in [6, 6.07) is 0. The summed E-state index contributed by atoms with van der Waals surface area (Å²) in [6.07, 6.45) is 0.637. The van der Waals surface area contributed by atoms with Crippen molar-refractivity contribution in [3.05, 3.63) is 0 Å². The molecular weight excluding hydrogens is 242 g/mol. The third-order valence-corrected chi connectivity index (χ3v) is 3.42. The predicted octanol–water partition coefficient (Wildman–Crippen LogP) is 0.687. The smallest absolute Gasteiger partial charge is 0.197 e. The van der Waals surface area contributed by atoms with Crippen LogP contribution in [-0.4, -0.2) is 41.4 Å². The summed E-state index contributed by atoms with van der Waals surface area (Å²) in [6.45, 7) is 3.79. The average Bonchev–Trinajstić information content (AvgIpc) is 2.87. The Hall–Kier alpha value is -1.05. The number of nitrogen functional groups attached to an aromatic ring is 1. The first-order valence-corrected chi connectivity index (χ1v) is 6.34. The largest absolute Gasteiger partial charge is 0.487 e. The molecule has 0 spiro atoms. The second-order valence-corrected chi connectivity index (χ2v) is 4.81. The molecule has 1 aliphatic rings. The molecule has 2 heterocycles. The zero-order valence-corrected chi connectivity index (χ0v) is 10.5. The number of aliphatic hydroxyl groups is 1. The summed E-state index contributed by atoms with van der Waals surface area (Å²) < 4.78 is 14.6. The minimum absolute atomic E-state index is 0.359. The van der Waals surface area contributed by atoms with Crippen LogP contribution >= 0.6 is 11.5 Å². The van der Waals surface area contributed by atoms with Crippen LogP contribution in [0.3, 0.4) is 0 Å². The number of anilines is 2. The van der Waals surface area contributed by atoms with E-state index in [4.69, 9.17) is 15.2 Å². The van der Waals surface area contributed by atoms with Crippen LogP contribution in [0.25, 0.3) is 0 Å². The molecule has 0 radical (unpaired) electrons. The van der Waals surface area contributed by atoms with E-state index in [9.17, 15) is 5.11 Å². The van der Waals surface area contributed by atoms with Crippen LogP contribution in [0.4, 0.5) is 10.8 Å². The summed E-state index contributed by atoms with van der Waals surface area (Å²) >= 11 is 1.24. The molecule has 1 fully saturated rings. The minimum atomic E-state index is -0.803. The Balaban J connectivity index is 1.98. The molecule has 96 valence electrons. The number of nitrogens with two attached hydrogens (primary N) is 1. The summed E-state index contributed by atoms with van der Waals surface area (Å²) in [5.41, 5.74) is 4.89. The fourth-order valence-corrected chi connectivity index (χ4v) is 2.33. The van der Waals surface area contributed by atoms with Gasteiger partial charge in [-0.2, -0.15) is 4.37 Å². The normalized spacial score (nSPS) is 23.9. The second kappa shape index (κ2) is 5.07. The highest BCUT2D eigenvalue weighted by Crippen LogP contribution is 2.35. The number of hydrogen-bond donors (Lipinski definition) is 3. The molecule has 1 aliphatic heterocycles. The Labute approximate surface area is 104 Å². The Morgan fingerprint density at radius 2 is 2.53 bits per heavy atom. The number of hydrogen-bond acceptors (Lipinski definition) is 7. The van der Waals surface area contributed by atoms with Gasteiger partial charge in [-0.1, -0.05) is 0 Å². The molecule has 2 rings (SSSR count). The minimum Gasteiger partial charge on any atom is -0.487 e. The van der Waals surface area contributed by atoms with Crippen molar-refractivity contribution in [2.24, 2.45) is 0 Å². The SMILES string of the molecule is CCOc1c(N)nsc1NCC1(O)CCOC1. The molecule has 1 atom stereocenters. The van der Waals surface area contributed by atoms with Crippen molar-refractivity contribution in [3.63, 3.8) is 0 Å². The van der Waals surface area contributed by atoms with E-state index in [0.717, 1.165) is 5.00 Å². The van der Waals surface area contributed by atoms with E-state index in [0.29, 0.717) is 44.4 Å². The van der Waals surface area contributed by atoms with E-state index in [1.807, 2.05) is 6.92 Å². The average molecular weight is 259 g/mol.